The van der Waals surface area contributed by atoms with E-state index in [9.17, 15) is 8.78 Å². The first-order valence-electron chi connectivity index (χ1n) is 8.52. The average Bonchev–Trinajstić information content (AvgIpc) is 3.29. The molecule has 1 saturated heterocycles. The molecule has 130 valence electrons. The molecule has 1 aliphatic heterocycles. The molecule has 0 aromatic heterocycles. The molecule has 1 spiro atoms. The van der Waals surface area contributed by atoms with Gasteiger partial charge in [-0.3, -0.25) is 4.90 Å². The van der Waals surface area contributed by atoms with Crippen LogP contribution in [0.2, 0.25) is 0 Å². The summed E-state index contributed by atoms with van der Waals surface area (Å²) in [5.74, 6) is 0. The van der Waals surface area contributed by atoms with Gasteiger partial charge in [-0.2, -0.15) is 0 Å². The highest BCUT2D eigenvalue weighted by molar-refractivity contribution is 5.40. The highest BCUT2D eigenvalue weighted by Crippen LogP contribution is 2.44. The molecule has 23 heavy (non-hydrogen) atoms. The summed E-state index contributed by atoms with van der Waals surface area (Å²) in [6.45, 7) is 6.24. The molecule has 0 unspecified atom stereocenters. The van der Waals surface area contributed by atoms with Crippen molar-refractivity contribution in [1.29, 1.82) is 0 Å². The molecule has 0 radical (unpaired) electrons. The zero-order valence-electron chi connectivity index (χ0n) is 14.5. The minimum absolute atomic E-state index is 0.0504. The Hall–Kier alpha value is -1.36. The van der Waals surface area contributed by atoms with Gasteiger partial charge in [0.05, 0.1) is 11.4 Å². The predicted octanol–water partition coefficient (Wildman–Crippen LogP) is 3.50. The fourth-order valence-corrected chi connectivity index (χ4v) is 3.24. The molecule has 1 heterocycles. The minimum Gasteiger partial charge on any atom is -0.397 e. The normalized spacial score (nSPS) is 23.0. The summed E-state index contributed by atoms with van der Waals surface area (Å²) in [6, 6.07) is 0. The first-order chi connectivity index (χ1) is 10.9. The molecule has 0 amide bonds. The maximum Gasteiger partial charge on any atom is 0.265 e. The smallest absolute Gasteiger partial charge is 0.265 e. The molecule has 2 rings (SSSR count). The molecule has 2 fully saturated rings. The van der Waals surface area contributed by atoms with Crippen molar-refractivity contribution in [2.75, 3.05) is 26.7 Å². The lowest BCUT2D eigenvalue weighted by Gasteiger charge is -2.43. The Labute approximate surface area is 138 Å². The van der Waals surface area contributed by atoms with Gasteiger partial charge in [-0.15, -0.1) is 0 Å². The number of likely N-dealkylation sites (N-methyl/N-ethyl adjacent to an activating group) is 1. The number of rotatable bonds is 6. The number of piperazine rings is 1. The van der Waals surface area contributed by atoms with E-state index in [1.807, 2.05) is 13.0 Å². The summed E-state index contributed by atoms with van der Waals surface area (Å²) in [4.78, 5) is 4.43. The number of halogens is 2. The fraction of sp³-hybridized carbons (Fsp3) is 0.667. The number of alkyl halides is 2. The van der Waals surface area contributed by atoms with Gasteiger partial charge in [0.25, 0.3) is 6.43 Å². The third kappa shape index (κ3) is 3.94. The lowest BCUT2D eigenvalue weighted by molar-refractivity contribution is 0.100. The van der Waals surface area contributed by atoms with E-state index in [4.69, 9.17) is 5.73 Å². The summed E-state index contributed by atoms with van der Waals surface area (Å²) in [6.07, 6.45) is 6.61. The quantitative estimate of drug-likeness (QED) is 0.759. The Bertz CT molecular complexity index is 504. The van der Waals surface area contributed by atoms with Crippen LogP contribution < -0.4 is 5.73 Å². The number of nitrogens with zero attached hydrogens (tertiary/aromatic N) is 2. The van der Waals surface area contributed by atoms with E-state index in [2.05, 4.69) is 16.8 Å². The highest BCUT2D eigenvalue weighted by atomic mass is 19.3. The van der Waals surface area contributed by atoms with E-state index >= 15 is 0 Å². The molecule has 2 N–H and O–H groups in total. The monoisotopic (exact) mass is 325 g/mol. The van der Waals surface area contributed by atoms with Crippen LogP contribution >= 0.6 is 0 Å². The van der Waals surface area contributed by atoms with E-state index < -0.39 is 6.43 Å². The van der Waals surface area contributed by atoms with Crippen molar-refractivity contribution in [2.24, 2.45) is 5.73 Å². The molecule has 0 aromatic carbocycles. The highest BCUT2D eigenvalue weighted by Gasteiger charge is 2.50. The second-order valence-corrected chi connectivity index (χ2v) is 6.61. The predicted molar refractivity (Wildman–Crippen MR) is 91.2 cm³/mol. The van der Waals surface area contributed by atoms with Gasteiger partial charge in [-0.05, 0) is 33.2 Å². The lowest BCUT2D eigenvalue weighted by Crippen LogP contribution is -2.53. The molecular weight excluding hydrogens is 296 g/mol. The standard InChI is InChI=1S/C18H29F2N3/c1-4-6-7-8-14(17(19)20)16(15(21)5-2)23-12-11-22(3)18(13-23)9-10-18/h5,7-8,17H,4,6,9-13,21H2,1-3H3/b8-7+,15-5+,16-14-. The van der Waals surface area contributed by atoms with Crippen LogP contribution in [-0.2, 0) is 0 Å². The molecule has 1 saturated carbocycles. The van der Waals surface area contributed by atoms with E-state index in [1.54, 1.807) is 19.1 Å². The molecule has 1 aliphatic carbocycles. The second-order valence-electron chi connectivity index (χ2n) is 6.61. The van der Waals surface area contributed by atoms with Crippen LogP contribution in [0, 0.1) is 0 Å². The Balaban J connectivity index is 2.36. The van der Waals surface area contributed by atoms with Crippen molar-refractivity contribution in [1.82, 2.24) is 9.80 Å². The second kappa shape index (κ2) is 7.47. The van der Waals surface area contributed by atoms with Crippen molar-refractivity contribution >= 4 is 0 Å². The molecule has 0 bridgehead atoms. The average molecular weight is 325 g/mol. The molecule has 2 aliphatic rings. The fourth-order valence-electron chi connectivity index (χ4n) is 3.24. The van der Waals surface area contributed by atoms with E-state index in [0.29, 0.717) is 11.4 Å². The van der Waals surface area contributed by atoms with Crippen LogP contribution in [0.3, 0.4) is 0 Å². The lowest BCUT2D eigenvalue weighted by atomic mass is 10.0. The topological polar surface area (TPSA) is 32.5 Å². The first kappa shape index (κ1) is 18.0. The van der Waals surface area contributed by atoms with Crippen molar-refractivity contribution in [3.8, 4) is 0 Å². The summed E-state index contributed by atoms with van der Waals surface area (Å²) in [5, 5.41) is 0. The summed E-state index contributed by atoms with van der Waals surface area (Å²) >= 11 is 0. The largest absolute Gasteiger partial charge is 0.397 e. The van der Waals surface area contributed by atoms with Crippen molar-refractivity contribution in [2.45, 2.75) is 51.5 Å². The van der Waals surface area contributed by atoms with Crippen LogP contribution in [0.5, 0.6) is 0 Å². The Morgan fingerprint density at radius 2 is 2.00 bits per heavy atom. The minimum atomic E-state index is -2.52. The van der Waals surface area contributed by atoms with Gasteiger partial charge < -0.3 is 10.6 Å². The van der Waals surface area contributed by atoms with Crippen LogP contribution in [0.4, 0.5) is 8.78 Å². The molecule has 5 heteroatoms. The SMILES string of the molecule is C\C=C(N)/C(=C(\C=C\CCC)C(F)F)N1CCN(C)C2(CC2)C1. The van der Waals surface area contributed by atoms with Crippen molar-refractivity contribution in [3.63, 3.8) is 0 Å². The van der Waals surface area contributed by atoms with Crippen LogP contribution in [0.25, 0.3) is 0 Å². The van der Waals surface area contributed by atoms with Gasteiger partial charge in [0, 0.05) is 30.7 Å². The number of unbranched alkanes of at least 4 members (excludes halogenated alkanes) is 1. The van der Waals surface area contributed by atoms with Crippen LogP contribution in [0.15, 0.2) is 35.2 Å². The van der Waals surface area contributed by atoms with Gasteiger partial charge >= 0.3 is 0 Å². The number of allylic oxidation sites excluding steroid dienone is 4. The zero-order chi connectivity index (χ0) is 17.0. The van der Waals surface area contributed by atoms with Crippen LogP contribution in [0.1, 0.15) is 39.5 Å². The Morgan fingerprint density at radius 3 is 2.52 bits per heavy atom. The molecule has 0 aromatic rings. The number of hydrogen-bond acceptors (Lipinski definition) is 3. The van der Waals surface area contributed by atoms with Crippen molar-refractivity contribution in [3.05, 3.63) is 35.2 Å². The Morgan fingerprint density at radius 1 is 1.30 bits per heavy atom. The maximum absolute atomic E-state index is 13.7. The van der Waals surface area contributed by atoms with Crippen molar-refractivity contribution < 1.29 is 8.78 Å². The van der Waals surface area contributed by atoms with Gasteiger partial charge in [0.15, 0.2) is 0 Å². The van der Waals surface area contributed by atoms with E-state index in [1.165, 1.54) is 0 Å². The van der Waals surface area contributed by atoms with E-state index in [0.717, 1.165) is 45.3 Å². The molecule has 3 nitrogen and oxygen atoms in total. The maximum atomic E-state index is 13.7. The van der Waals surface area contributed by atoms with Gasteiger partial charge in [0.1, 0.15) is 0 Å². The van der Waals surface area contributed by atoms with Crippen LogP contribution in [-0.4, -0.2) is 48.4 Å². The zero-order valence-corrected chi connectivity index (χ0v) is 14.5. The van der Waals surface area contributed by atoms with Gasteiger partial charge in [-0.1, -0.05) is 31.6 Å². The Kier molecular flexibility index (Phi) is 5.84. The number of hydrogen-bond donors (Lipinski definition) is 1. The van der Waals surface area contributed by atoms with Gasteiger partial charge in [0.2, 0.25) is 0 Å². The first-order valence-corrected chi connectivity index (χ1v) is 8.52. The summed E-state index contributed by atoms with van der Waals surface area (Å²) < 4.78 is 27.4. The summed E-state index contributed by atoms with van der Waals surface area (Å²) in [7, 11) is 2.13. The number of nitrogens with two attached hydrogens (primary N) is 1. The molecular formula is C18H29F2N3. The third-order valence-electron chi connectivity index (χ3n) is 4.99. The molecule has 0 atom stereocenters. The van der Waals surface area contributed by atoms with Gasteiger partial charge in [-0.25, -0.2) is 8.78 Å². The third-order valence-corrected chi connectivity index (χ3v) is 4.99. The van der Waals surface area contributed by atoms with E-state index in [-0.39, 0.29) is 11.1 Å². The summed E-state index contributed by atoms with van der Waals surface area (Å²) in [5.41, 5.74) is 7.30.